The Bertz CT molecular complexity index is 550. The van der Waals surface area contributed by atoms with Crippen molar-refractivity contribution in [3.63, 3.8) is 0 Å². The monoisotopic (exact) mass is 308 g/mol. The van der Waals surface area contributed by atoms with Crippen molar-refractivity contribution >= 4 is 23.2 Å². The number of nitrogens with two attached hydrogens (primary N) is 1. The normalized spacial score (nSPS) is 23.4. The van der Waals surface area contributed by atoms with Gasteiger partial charge in [-0.2, -0.15) is 0 Å². The molecule has 0 bridgehead atoms. The van der Waals surface area contributed by atoms with E-state index in [1.807, 2.05) is 12.2 Å². The second kappa shape index (κ2) is 7.83. The molecule has 1 unspecified atom stereocenters. The quantitative estimate of drug-likeness (QED) is 0.643. The summed E-state index contributed by atoms with van der Waals surface area (Å²) in [4.78, 5) is 15.0. The minimum absolute atomic E-state index is 0.327. The van der Waals surface area contributed by atoms with E-state index in [4.69, 9.17) is 10.5 Å². The highest BCUT2D eigenvalue weighted by atomic mass is 32.2. The summed E-state index contributed by atoms with van der Waals surface area (Å²) in [6.45, 7) is 0.600. The van der Waals surface area contributed by atoms with E-state index >= 15 is 0 Å². The van der Waals surface area contributed by atoms with Gasteiger partial charge < -0.3 is 10.5 Å². The summed E-state index contributed by atoms with van der Waals surface area (Å²) < 4.78 is 19.9. The van der Waals surface area contributed by atoms with Crippen molar-refractivity contribution in [1.29, 1.82) is 0 Å². The van der Waals surface area contributed by atoms with Crippen molar-refractivity contribution in [2.75, 3.05) is 6.54 Å². The van der Waals surface area contributed by atoms with Crippen LogP contribution in [-0.2, 0) is 9.53 Å². The van der Waals surface area contributed by atoms with Crippen LogP contribution in [0.1, 0.15) is 19.3 Å². The number of allylic oxidation sites excluding steroid dienone is 4. The molecule has 0 saturated heterocycles. The average molecular weight is 308 g/mol. The van der Waals surface area contributed by atoms with E-state index in [2.05, 4.69) is 4.99 Å². The Balaban J connectivity index is 2.16. The van der Waals surface area contributed by atoms with Gasteiger partial charge in [-0.1, -0.05) is 12.2 Å². The highest BCUT2D eigenvalue weighted by Gasteiger charge is 2.17. The lowest BCUT2D eigenvalue weighted by Crippen LogP contribution is -2.12. The smallest absolute Gasteiger partial charge is 0.169 e. The Morgan fingerprint density at radius 1 is 1.38 bits per heavy atom. The van der Waals surface area contributed by atoms with E-state index in [-0.39, 0.29) is 0 Å². The molecule has 0 aromatic rings. The molecule has 6 heteroatoms. The summed E-state index contributed by atoms with van der Waals surface area (Å²) in [5.41, 5.74) is 6.03. The zero-order valence-electron chi connectivity index (χ0n) is 11.5. The molecule has 0 saturated carbocycles. The van der Waals surface area contributed by atoms with Crippen LogP contribution < -0.4 is 5.73 Å². The van der Waals surface area contributed by atoms with Crippen LogP contribution in [0.4, 0.5) is 4.39 Å². The van der Waals surface area contributed by atoms with Crippen LogP contribution >= 0.6 is 11.8 Å². The molecule has 1 aliphatic carbocycles. The van der Waals surface area contributed by atoms with Gasteiger partial charge in [-0.05, 0) is 49.3 Å². The maximum Gasteiger partial charge on any atom is 0.169 e. The molecule has 112 valence electrons. The zero-order valence-corrected chi connectivity index (χ0v) is 12.3. The zero-order chi connectivity index (χ0) is 15.1. The minimum atomic E-state index is -0.851. The number of aldehydes is 1. The molecule has 2 rings (SSSR count). The largest absolute Gasteiger partial charge is 0.473 e. The second-order valence-corrected chi connectivity index (χ2v) is 5.55. The number of aliphatic imine (C=N–C) groups is 1. The Hall–Kier alpha value is -1.82. The Morgan fingerprint density at radius 2 is 2.24 bits per heavy atom. The maximum absolute atomic E-state index is 14.2. The number of amidine groups is 1. The van der Waals surface area contributed by atoms with Crippen LogP contribution in [0.3, 0.4) is 0 Å². The van der Waals surface area contributed by atoms with Gasteiger partial charge in [0.2, 0.25) is 0 Å². The topological polar surface area (TPSA) is 64.7 Å². The molecule has 0 radical (unpaired) electrons. The molecule has 0 fully saturated rings. The van der Waals surface area contributed by atoms with Crippen molar-refractivity contribution in [1.82, 2.24) is 0 Å². The van der Waals surface area contributed by atoms with Gasteiger partial charge in [0.15, 0.2) is 16.4 Å². The predicted molar refractivity (Wildman–Crippen MR) is 83.4 cm³/mol. The molecule has 4 nitrogen and oxygen atoms in total. The van der Waals surface area contributed by atoms with E-state index in [0.29, 0.717) is 41.5 Å². The summed E-state index contributed by atoms with van der Waals surface area (Å²) in [5, 5.41) is 0.937. The fourth-order valence-corrected chi connectivity index (χ4v) is 2.58. The van der Waals surface area contributed by atoms with Gasteiger partial charge >= 0.3 is 0 Å². The van der Waals surface area contributed by atoms with Crippen LogP contribution in [0.2, 0.25) is 0 Å². The molecule has 1 atom stereocenters. The molecular formula is C15H17FN2O2S. The summed E-state index contributed by atoms with van der Waals surface area (Å²) in [5.74, 6) is -0.507. The summed E-state index contributed by atoms with van der Waals surface area (Å²) in [7, 11) is 0. The lowest BCUT2D eigenvalue weighted by atomic mass is 10.2. The standard InChI is InChI=1S/C15H17FN2O2S/c16-12-9-11(10-19)5-2-1-3-6-13(12)20-14-7-4-8-18-15(17)21-14/h3,5-7,9-10,13H,1-2,4,8H2,(H2,17,18). The SMILES string of the molecule is NC1=NCCC=C(OC2C=CCCC=C(C=O)C=C2F)S1. The molecule has 21 heavy (non-hydrogen) atoms. The lowest BCUT2D eigenvalue weighted by molar-refractivity contribution is -0.104. The molecule has 2 aliphatic rings. The van der Waals surface area contributed by atoms with Gasteiger partial charge in [0.1, 0.15) is 12.1 Å². The third-order valence-corrected chi connectivity index (χ3v) is 3.70. The molecule has 0 aromatic heterocycles. The van der Waals surface area contributed by atoms with Crippen molar-refractivity contribution in [3.05, 3.63) is 46.9 Å². The van der Waals surface area contributed by atoms with Gasteiger partial charge in [-0.15, -0.1) is 0 Å². The summed E-state index contributed by atoms with van der Waals surface area (Å²) in [6, 6.07) is 0. The number of nitrogens with zero attached hydrogens (tertiary/aromatic N) is 1. The van der Waals surface area contributed by atoms with E-state index in [9.17, 15) is 9.18 Å². The number of rotatable bonds is 3. The third kappa shape index (κ3) is 4.90. The molecule has 1 heterocycles. The number of thioether (sulfide) groups is 1. The number of halogens is 1. The molecular weight excluding hydrogens is 291 g/mol. The fourth-order valence-electron chi connectivity index (χ4n) is 1.87. The van der Waals surface area contributed by atoms with Gasteiger partial charge in [-0.25, -0.2) is 4.39 Å². The first-order valence-corrected chi connectivity index (χ1v) is 7.54. The second-order valence-electron chi connectivity index (χ2n) is 4.53. The highest BCUT2D eigenvalue weighted by Crippen LogP contribution is 2.26. The van der Waals surface area contributed by atoms with E-state index < -0.39 is 11.9 Å². The minimum Gasteiger partial charge on any atom is -0.473 e. The molecule has 1 aliphatic heterocycles. The van der Waals surface area contributed by atoms with Crippen LogP contribution in [0.25, 0.3) is 0 Å². The van der Waals surface area contributed by atoms with Crippen LogP contribution in [0.5, 0.6) is 0 Å². The number of carbonyl (C=O) groups excluding carboxylic acids is 1. The van der Waals surface area contributed by atoms with Gasteiger partial charge in [0, 0.05) is 12.1 Å². The van der Waals surface area contributed by atoms with Crippen LogP contribution in [0.15, 0.2) is 51.9 Å². The highest BCUT2D eigenvalue weighted by molar-refractivity contribution is 8.16. The number of ether oxygens (including phenoxy) is 1. The molecule has 0 spiro atoms. The summed E-state index contributed by atoms with van der Waals surface area (Å²) >= 11 is 1.18. The Kier molecular flexibility index (Phi) is 5.80. The van der Waals surface area contributed by atoms with Crippen LogP contribution in [-0.4, -0.2) is 24.1 Å². The van der Waals surface area contributed by atoms with Crippen molar-refractivity contribution < 1.29 is 13.9 Å². The van der Waals surface area contributed by atoms with Crippen molar-refractivity contribution in [3.8, 4) is 0 Å². The lowest BCUT2D eigenvalue weighted by Gasteiger charge is -2.15. The van der Waals surface area contributed by atoms with E-state index in [1.165, 1.54) is 17.8 Å². The van der Waals surface area contributed by atoms with Gasteiger partial charge in [0.05, 0.1) is 0 Å². The number of carbonyl (C=O) groups is 1. The van der Waals surface area contributed by atoms with Crippen molar-refractivity contribution in [2.24, 2.45) is 10.7 Å². The number of hydrogen-bond acceptors (Lipinski definition) is 5. The number of hydrogen-bond donors (Lipinski definition) is 1. The Morgan fingerprint density at radius 3 is 3.05 bits per heavy atom. The fraction of sp³-hybridized carbons (Fsp3) is 0.333. The molecule has 0 aromatic carbocycles. The maximum atomic E-state index is 14.2. The summed E-state index contributed by atoms with van der Waals surface area (Å²) in [6.07, 6.45) is 10.2. The average Bonchev–Trinajstić information content (AvgIpc) is 2.62. The molecule has 0 amide bonds. The van der Waals surface area contributed by atoms with E-state index in [0.717, 1.165) is 6.42 Å². The molecule has 2 N–H and O–H groups in total. The first-order chi connectivity index (χ1) is 10.2. The van der Waals surface area contributed by atoms with Crippen molar-refractivity contribution in [2.45, 2.75) is 25.4 Å². The first kappa shape index (κ1) is 15.6. The Labute approximate surface area is 127 Å². The van der Waals surface area contributed by atoms with Crippen LogP contribution in [0, 0.1) is 0 Å². The van der Waals surface area contributed by atoms with Gasteiger partial charge in [-0.3, -0.25) is 9.79 Å². The predicted octanol–water partition coefficient (Wildman–Crippen LogP) is 2.99. The first-order valence-electron chi connectivity index (χ1n) is 6.72. The van der Waals surface area contributed by atoms with Gasteiger partial charge in [0.25, 0.3) is 0 Å². The third-order valence-electron chi connectivity index (χ3n) is 2.89. The van der Waals surface area contributed by atoms with E-state index in [1.54, 1.807) is 12.2 Å².